The Kier molecular flexibility index (Phi) is 22.4. The fourth-order valence-corrected chi connectivity index (χ4v) is 16.1. The number of urea groups is 4. The normalized spacial score (nSPS) is 20.1. The number of primary amides is 1. The van der Waals surface area contributed by atoms with E-state index in [1.54, 1.807) is 127 Å². The molecule has 39 nitrogen and oxygen atoms in total. The summed E-state index contributed by atoms with van der Waals surface area (Å²) in [5.41, 5.74) is 8.58. The summed E-state index contributed by atoms with van der Waals surface area (Å²) in [5.74, 6) is 19.5. The summed E-state index contributed by atoms with van der Waals surface area (Å²) in [6.07, 6.45) is 0. The highest BCUT2D eigenvalue weighted by molar-refractivity contribution is 6.14. The first kappa shape index (κ1) is 85.7. The minimum Gasteiger partial charge on any atom is -0.497 e. The monoisotopic (exact) mass is 1750 g/mol. The summed E-state index contributed by atoms with van der Waals surface area (Å²) in [6.45, 7) is 1.62. The van der Waals surface area contributed by atoms with Crippen molar-refractivity contribution < 1.29 is 101 Å². The highest BCUT2D eigenvalue weighted by Gasteiger charge is 2.53. The Morgan fingerprint density at radius 2 is 0.715 bits per heavy atom. The second-order valence-corrected chi connectivity index (χ2v) is 31.0. The molecule has 13 N–H and O–H groups in total. The third kappa shape index (κ3) is 16.5. The number of nitrogens with two attached hydrogens (primary N) is 1. The van der Waals surface area contributed by atoms with Gasteiger partial charge in [0.15, 0.2) is 0 Å². The van der Waals surface area contributed by atoms with Crippen molar-refractivity contribution >= 4 is 101 Å². The molecule has 0 spiro atoms. The number of ether oxygens (including phenoxy) is 4. The van der Waals surface area contributed by atoms with Crippen LogP contribution >= 0.6 is 0 Å². The van der Waals surface area contributed by atoms with Crippen molar-refractivity contribution in [2.45, 2.75) is 68.0 Å². The smallest absolute Gasteiger partial charge is 0.323 e. The molecule has 652 valence electrons. The quantitative estimate of drug-likeness (QED) is 0.0320. The number of imide groups is 4. The summed E-state index contributed by atoms with van der Waals surface area (Å²) < 4.78 is 20.7. The Bertz CT molecular complexity index is 6750. The Hall–Kier alpha value is -17.9. The lowest BCUT2D eigenvalue weighted by Crippen LogP contribution is -2.54. The maximum Gasteiger partial charge on any atom is 0.323 e. The number of carbonyl (C=O) groups is 16. The van der Waals surface area contributed by atoms with Crippen LogP contribution in [-0.4, -0.2) is 196 Å². The van der Waals surface area contributed by atoms with Gasteiger partial charge in [-0.3, -0.25) is 88.9 Å². The molecule has 4 fully saturated rings. The number of nitrogens with zero attached hydrogens (tertiary/aromatic N) is 5. The molecular weight excluding hydrogens is 1680 g/mol. The lowest BCUT2D eigenvalue weighted by molar-refractivity contribution is -0.385. The topological polar surface area (TPSA) is 524 Å². The Morgan fingerprint density at radius 3 is 1.09 bits per heavy atom. The largest absolute Gasteiger partial charge is 0.497 e. The molecule has 130 heavy (non-hydrogen) atoms. The lowest BCUT2D eigenvalue weighted by atomic mass is 9.97. The third-order valence-electron chi connectivity index (χ3n) is 22.8. The van der Waals surface area contributed by atoms with Crippen molar-refractivity contribution in [1.82, 2.24) is 78.1 Å². The van der Waals surface area contributed by atoms with E-state index >= 15 is 0 Å². The zero-order valence-electron chi connectivity index (χ0n) is 68.9. The van der Waals surface area contributed by atoms with Crippen molar-refractivity contribution in [3.8, 4) is 70.4 Å². The van der Waals surface area contributed by atoms with E-state index in [2.05, 4.69) is 106 Å². The van der Waals surface area contributed by atoms with Gasteiger partial charge in [0.05, 0.1) is 59.5 Å². The molecule has 11 heterocycles. The van der Waals surface area contributed by atoms with Crippen LogP contribution in [0.25, 0.3) is 0 Å². The lowest BCUT2D eigenvalue weighted by Gasteiger charge is -2.26. The van der Waals surface area contributed by atoms with Gasteiger partial charge < -0.3 is 81.5 Å². The molecule has 8 aromatic rings. The van der Waals surface area contributed by atoms with Crippen LogP contribution in [0.2, 0.25) is 0 Å². The number of benzene rings is 8. The molecule has 20 amide bonds. The molecule has 39 heteroatoms. The van der Waals surface area contributed by atoms with Gasteiger partial charge in [-0.1, -0.05) is 83.8 Å². The molecule has 0 saturated carbocycles. The number of amides is 20. The van der Waals surface area contributed by atoms with E-state index in [0.29, 0.717) is 98.3 Å². The van der Waals surface area contributed by atoms with Crippen molar-refractivity contribution in [3.05, 3.63) is 261 Å². The molecule has 0 unspecified atom stereocenters. The van der Waals surface area contributed by atoms with Crippen molar-refractivity contribution in [2.24, 2.45) is 5.73 Å². The minimum absolute atomic E-state index is 0.103. The van der Waals surface area contributed by atoms with E-state index in [0.717, 1.165) is 51.1 Å². The molecule has 11 aliphatic heterocycles. The summed E-state index contributed by atoms with van der Waals surface area (Å²) >= 11 is 0. The Balaban J connectivity index is 0.000000127. The molecule has 8 aromatic carbocycles. The number of methoxy groups -OCH3 is 4. The van der Waals surface area contributed by atoms with Crippen molar-refractivity contribution in [3.63, 3.8) is 0 Å². The molecule has 4 atom stereocenters. The summed E-state index contributed by atoms with van der Waals surface area (Å²) in [7, 11) is 6.03. The number of nitro groups is 1. The Morgan fingerprint density at radius 1 is 0.377 bits per heavy atom. The number of nitro benzene ring substituents is 1. The van der Waals surface area contributed by atoms with Gasteiger partial charge in [-0.25, -0.2) is 19.2 Å². The van der Waals surface area contributed by atoms with Crippen molar-refractivity contribution in [2.75, 3.05) is 54.6 Å². The second kappa shape index (κ2) is 34.0. The summed E-state index contributed by atoms with van der Waals surface area (Å²) in [6, 6.07) is 36.9. The van der Waals surface area contributed by atoms with Gasteiger partial charge in [-0.15, -0.1) is 0 Å². The fourth-order valence-electron chi connectivity index (χ4n) is 16.1. The average molecular weight is 1750 g/mol. The van der Waals surface area contributed by atoms with Crippen LogP contribution in [0, 0.1) is 57.5 Å². The number of hydrogen-bond acceptors (Lipinski definition) is 22. The predicted molar refractivity (Wildman–Crippen MR) is 451 cm³/mol. The van der Waals surface area contributed by atoms with Crippen LogP contribution in [0.4, 0.5) is 24.9 Å². The zero-order valence-corrected chi connectivity index (χ0v) is 68.9. The minimum atomic E-state index is -1.80. The van der Waals surface area contributed by atoms with Crippen LogP contribution in [-0.2, 0) is 65.0 Å². The van der Waals surface area contributed by atoms with Crippen molar-refractivity contribution in [1.29, 1.82) is 0 Å². The maximum atomic E-state index is 13.0. The standard InChI is InChI=1S/3C23H18N4O5.C22H17N5O7/c1-32-16-4-3-14-11-27(20(29)18(14)9-16)12-23(21(30)25-22(31)26-23)7-6-13-2-5-17-15(8-13)10-24-19(17)28;1-32-16-5-4-15-11-27(20(29)18(15)9-16)12-23(21(30)25-22(31)26-23)7-6-13-2-3-14-10-24-19(28)17(14)8-13;1-32-15-6-5-14-11-27(20(29)17(14)9-15)12-23(21(30)25-22(31)26-23)8-7-13-3-2-4-16-18(13)10-24-19(16)28;1-34-14-4-3-13-10-26(19(29)16(13)9-14)11-22(20(30)24-21(31)25-22)7-6-12-2-5-15(18(23)28)17(8-12)27(32)33/h2*2-5,8-9H,10-12H2,1H3,(H,24,28)(H2,25,26,30,31);2-6,9H,10-12H2,1H3,(H,24,28)(H2,25,26,30,31);2-5,8-9H,10-11H2,1H3,(H2,23,28)(H2,24,25,30,31)/t3*23-;22-/m1111/s1. The molecule has 11 aliphatic rings. The van der Waals surface area contributed by atoms with Gasteiger partial charge in [-0.05, 0) is 142 Å². The molecule has 0 bridgehead atoms. The first-order valence-corrected chi connectivity index (χ1v) is 39.6. The molecule has 0 radical (unpaired) electrons. The first-order valence-electron chi connectivity index (χ1n) is 39.6. The maximum absolute atomic E-state index is 13.0. The number of nitrogens with one attached hydrogen (secondary N) is 11. The second-order valence-electron chi connectivity index (χ2n) is 31.0. The Labute approximate surface area is 736 Å². The molecule has 19 rings (SSSR count). The van der Waals surface area contributed by atoms with E-state index in [9.17, 15) is 86.8 Å². The van der Waals surface area contributed by atoms with Gasteiger partial charge in [0, 0.05) is 113 Å². The van der Waals surface area contributed by atoms with Crippen LogP contribution in [0.1, 0.15) is 144 Å². The summed E-state index contributed by atoms with van der Waals surface area (Å²) in [4.78, 5) is 214. The van der Waals surface area contributed by atoms with E-state index < -0.39 is 86.4 Å². The SMILES string of the molecule is COc1ccc2c(c1)C(=O)N(C[C@@]1(C#Cc3ccc(C(N)=O)c([N+](=O)[O-])c3)NC(=O)NC1=O)C2.COc1ccc2c(c1)C(=O)N(C[C@@]1(C#Cc3ccc4c(c3)C(=O)NC4)NC(=O)NC1=O)C2.COc1ccc2c(c1)C(=O)N(C[C@@]1(C#Cc3ccc4c(c3)CNC4=O)NC(=O)NC1=O)C2.COc1ccc2c(c1)C(=O)N(C[C@@]1(C#Cc3cccc4c3CNC4=O)NC(=O)NC1=O)C2. The highest BCUT2D eigenvalue weighted by atomic mass is 16.6. The average Bonchev–Trinajstić information content (AvgIpc) is 1.63. The summed E-state index contributed by atoms with van der Waals surface area (Å²) in [5, 5.41) is 38.5. The van der Waals surface area contributed by atoms with E-state index in [1.807, 2.05) is 0 Å². The predicted octanol–water partition coefficient (Wildman–Crippen LogP) is 1.86. The van der Waals surface area contributed by atoms with E-state index in [1.165, 1.54) is 54.1 Å². The molecule has 0 aromatic heterocycles. The molecule has 0 aliphatic carbocycles. The van der Waals surface area contributed by atoms with Gasteiger partial charge >= 0.3 is 24.1 Å². The molecule has 4 saturated heterocycles. The number of carbonyl (C=O) groups excluding carboxylic acids is 16. The first-order chi connectivity index (χ1) is 62.3. The van der Waals surface area contributed by atoms with Gasteiger partial charge in [0.2, 0.25) is 22.2 Å². The van der Waals surface area contributed by atoms with Gasteiger partial charge in [-0.2, -0.15) is 0 Å². The van der Waals surface area contributed by atoms with E-state index in [4.69, 9.17) is 24.7 Å². The third-order valence-corrected chi connectivity index (χ3v) is 22.8. The fraction of sp³-hybridized carbons (Fsp3) is 0.209. The van der Waals surface area contributed by atoms with Crippen LogP contribution < -0.4 is 83.2 Å². The van der Waals surface area contributed by atoms with Crippen LogP contribution in [0.15, 0.2) is 146 Å². The number of hydrogen-bond donors (Lipinski definition) is 12. The zero-order chi connectivity index (χ0) is 92.0. The van der Waals surface area contributed by atoms with Gasteiger partial charge in [0.1, 0.15) is 28.6 Å². The highest BCUT2D eigenvalue weighted by Crippen LogP contribution is 2.35. The number of rotatable bonds is 14. The number of fused-ring (bicyclic) bond motifs is 7. The van der Waals surface area contributed by atoms with Crippen LogP contribution in [0.3, 0.4) is 0 Å². The van der Waals surface area contributed by atoms with Crippen LogP contribution in [0.5, 0.6) is 23.0 Å². The van der Waals surface area contributed by atoms with E-state index in [-0.39, 0.29) is 105 Å². The van der Waals surface area contributed by atoms with Gasteiger partial charge in [0.25, 0.3) is 76.6 Å². The molecular formula is C91H71N17O22.